The molecule has 0 unspecified atom stereocenters. The van der Waals surface area contributed by atoms with Gasteiger partial charge in [0.2, 0.25) is 5.91 Å². The summed E-state index contributed by atoms with van der Waals surface area (Å²) < 4.78 is 0. The topological polar surface area (TPSA) is 65.5 Å². The molecule has 0 spiro atoms. The molecule has 1 aromatic rings. The first-order chi connectivity index (χ1) is 12.5. The third-order valence-electron chi connectivity index (χ3n) is 5.09. The zero-order valence-electron chi connectivity index (χ0n) is 16.5. The van der Waals surface area contributed by atoms with Gasteiger partial charge in [-0.1, -0.05) is 63.4 Å². The summed E-state index contributed by atoms with van der Waals surface area (Å²) in [5, 5.41) is 9.76. The highest BCUT2D eigenvalue weighted by atomic mass is 16.1. The second-order valence-electron chi connectivity index (χ2n) is 7.75. The molecule has 0 bridgehead atoms. The van der Waals surface area contributed by atoms with Crippen molar-refractivity contribution in [3.63, 3.8) is 0 Å². The molecular formula is C21H34N4O. The maximum absolute atomic E-state index is 12.1. The standard InChI is InChI=1S/C21H34N4O/c1-21(2,17-10-6-4-7-11-17)16-24-20(22-3)23-15-14-19(26)25-18-12-8-5-9-13-18/h4,6-7,10-11,18H,5,8-9,12-16H2,1-3H3,(H,25,26)(H2,22,23,24). The Morgan fingerprint density at radius 3 is 2.46 bits per heavy atom. The number of carbonyl (C=O) groups is 1. The Morgan fingerprint density at radius 1 is 1.12 bits per heavy atom. The fourth-order valence-electron chi connectivity index (χ4n) is 3.36. The van der Waals surface area contributed by atoms with Crippen molar-refractivity contribution in [3.8, 4) is 0 Å². The van der Waals surface area contributed by atoms with Crippen LogP contribution in [0.3, 0.4) is 0 Å². The lowest BCUT2D eigenvalue weighted by molar-refractivity contribution is -0.121. The van der Waals surface area contributed by atoms with Gasteiger partial charge < -0.3 is 16.0 Å². The number of guanidine groups is 1. The summed E-state index contributed by atoms with van der Waals surface area (Å²) in [6.07, 6.45) is 6.48. The molecular weight excluding hydrogens is 324 g/mol. The minimum atomic E-state index is -0.00274. The van der Waals surface area contributed by atoms with E-state index in [0.29, 0.717) is 19.0 Å². The minimum absolute atomic E-state index is 0.00274. The zero-order valence-corrected chi connectivity index (χ0v) is 16.5. The maximum atomic E-state index is 12.1. The first-order valence-electron chi connectivity index (χ1n) is 9.81. The Morgan fingerprint density at radius 2 is 1.81 bits per heavy atom. The van der Waals surface area contributed by atoms with Crippen molar-refractivity contribution in [1.29, 1.82) is 0 Å². The first kappa shape index (κ1) is 20.3. The van der Waals surface area contributed by atoms with Crippen LogP contribution in [0, 0.1) is 0 Å². The predicted octanol–water partition coefficient (Wildman–Crippen LogP) is 2.97. The summed E-state index contributed by atoms with van der Waals surface area (Å²) >= 11 is 0. The van der Waals surface area contributed by atoms with E-state index in [0.717, 1.165) is 25.3 Å². The van der Waals surface area contributed by atoms with Gasteiger partial charge in [-0.05, 0) is 18.4 Å². The Balaban J connectivity index is 1.69. The zero-order chi connectivity index (χ0) is 18.8. The maximum Gasteiger partial charge on any atom is 0.221 e. The van der Waals surface area contributed by atoms with E-state index in [4.69, 9.17) is 0 Å². The number of rotatable bonds is 7. The van der Waals surface area contributed by atoms with Gasteiger partial charge in [0.05, 0.1) is 0 Å². The van der Waals surface area contributed by atoms with Crippen molar-refractivity contribution >= 4 is 11.9 Å². The average Bonchev–Trinajstić information content (AvgIpc) is 2.66. The van der Waals surface area contributed by atoms with Crippen LogP contribution in [0.25, 0.3) is 0 Å². The quantitative estimate of drug-likeness (QED) is 0.519. The minimum Gasteiger partial charge on any atom is -0.356 e. The van der Waals surface area contributed by atoms with Crippen LogP contribution in [0.2, 0.25) is 0 Å². The summed E-state index contributed by atoms with van der Waals surface area (Å²) in [7, 11) is 1.76. The van der Waals surface area contributed by atoms with Crippen LogP contribution in [0.5, 0.6) is 0 Å². The largest absolute Gasteiger partial charge is 0.356 e. The highest BCUT2D eigenvalue weighted by Crippen LogP contribution is 2.21. The molecule has 1 aliphatic carbocycles. The van der Waals surface area contributed by atoms with E-state index in [-0.39, 0.29) is 11.3 Å². The normalized spacial score (nSPS) is 16.2. The van der Waals surface area contributed by atoms with Gasteiger partial charge in [-0.2, -0.15) is 0 Å². The van der Waals surface area contributed by atoms with E-state index in [1.807, 2.05) is 6.07 Å². The van der Waals surface area contributed by atoms with Gasteiger partial charge in [-0.3, -0.25) is 9.79 Å². The third-order valence-corrected chi connectivity index (χ3v) is 5.09. The Labute approximate surface area is 158 Å². The highest BCUT2D eigenvalue weighted by molar-refractivity contribution is 5.81. The summed E-state index contributed by atoms with van der Waals surface area (Å²) in [6, 6.07) is 10.8. The molecule has 0 aromatic heterocycles. The summed E-state index contributed by atoms with van der Waals surface area (Å²) in [5.74, 6) is 0.865. The number of amides is 1. The molecule has 3 N–H and O–H groups in total. The molecule has 1 fully saturated rings. The van der Waals surface area contributed by atoms with Crippen LogP contribution in [0.1, 0.15) is 57.9 Å². The van der Waals surface area contributed by atoms with Crippen molar-refractivity contribution in [2.24, 2.45) is 4.99 Å². The Bertz CT molecular complexity index is 577. The first-order valence-corrected chi connectivity index (χ1v) is 9.81. The van der Waals surface area contributed by atoms with Crippen molar-refractivity contribution < 1.29 is 4.79 Å². The molecule has 1 aromatic carbocycles. The van der Waals surface area contributed by atoms with Crippen LogP contribution in [0.15, 0.2) is 35.3 Å². The number of benzene rings is 1. The summed E-state index contributed by atoms with van der Waals surface area (Å²) in [5.41, 5.74) is 1.28. The van der Waals surface area contributed by atoms with Gasteiger partial charge in [-0.25, -0.2) is 0 Å². The number of hydrogen-bond donors (Lipinski definition) is 3. The van der Waals surface area contributed by atoms with Gasteiger partial charge >= 0.3 is 0 Å². The molecule has 5 heteroatoms. The van der Waals surface area contributed by atoms with Gasteiger partial charge in [0.1, 0.15) is 0 Å². The van der Waals surface area contributed by atoms with Crippen molar-refractivity contribution in [2.45, 2.75) is 63.8 Å². The van der Waals surface area contributed by atoms with Crippen LogP contribution >= 0.6 is 0 Å². The Hall–Kier alpha value is -2.04. The van der Waals surface area contributed by atoms with E-state index in [1.165, 1.54) is 24.8 Å². The van der Waals surface area contributed by atoms with Crippen LogP contribution < -0.4 is 16.0 Å². The molecule has 26 heavy (non-hydrogen) atoms. The van der Waals surface area contributed by atoms with Gasteiger partial charge in [0.15, 0.2) is 5.96 Å². The van der Waals surface area contributed by atoms with Crippen LogP contribution in [0.4, 0.5) is 0 Å². The van der Waals surface area contributed by atoms with Gasteiger partial charge in [0.25, 0.3) is 0 Å². The lowest BCUT2D eigenvalue weighted by Crippen LogP contribution is -2.44. The molecule has 1 aliphatic rings. The van der Waals surface area contributed by atoms with Crippen molar-refractivity contribution in [2.75, 3.05) is 20.1 Å². The number of hydrogen-bond acceptors (Lipinski definition) is 2. The smallest absolute Gasteiger partial charge is 0.221 e. The summed E-state index contributed by atoms with van der Waals surface area (Å²) in [6.45, 7) is 5.77. The Kier molecular flexibility index (Phi) is 7.95. The number of carbonyl (C=O) groups excluding carboxylic acids is 1. The highest BCUT2D eigenvalue weighted by Gasteiger charge is 2.20. The van der Waals surface area contributed by atoms with E-state index in [1.54, 1.807) is 7.05 Å². The monoisotopic (exact) mass is 358 g/mol. The van der Waals surface area contributed by atoms with Gasteiger partial charge in [0, 0.05) is 38.0 Å². The van der Waals surface area contributed by atoms with E-state index < -0.39 is 0 Å². The molecule has 0 radical (unpaired) electrons. The molecule has 5 nitrogen and oxygen atoms in total. The summed E-state index contributed by atoms with van der Waals surface area (Å²) in [4.78, 5) is 16.3. The average molecular weight is 359 g/mol. The second kappa shape index (κ2) is 10.2. The molecule has 2 rings (SSSR count). The lowest BCUT2D eigenvalue weighted by Gasteiger charge is -2.27. The lowest BCUT2D eigenvalue weighted by atomic mass is 9.85. The molecule has 1 amide bonds. The van der Waals surface area contributed by atoms with Crippen molar-refractivity contribution in [3.05, 3.63) is 35.9 Å². The SMILES string of the molecule is CN=C(NCCC(=O)NC1CCCCC1)NCC(C)(C)c1ccccc1. The van der Waals surface area contributed by atoms with Crippen LogP contribution in [-0.2, 0) is 10.2 Å². The molecule has 144 valence electrons. The predicted molar refractivity (Wildman–Crippen MR) is 108 cm³/mol. The molecule has 0 aliphatic heterocycles. The van der Waals surface area contributed by atoms with Gasteiger partial charge in [-0.15, -0.1) is 0 Å². The second-order valence-corrected chi connectivity index (χ2v) is 7.75. The fourth-order valence-corrected chi connectivity index (χ4v) is 3.36. The third kappa shape index (κ3) is 6.70. The van der Waals surface area contributed by atoms with Crippen molar-refractivity contribution in [1.82, 2.24) is 16.0 Å². The number of nitrogens with zero attached hydrogens (tertiary/aromatic N) is 1. The van der Waals surface area contributed by atoms with E-state index in [9.17, 15) is 4.79 Å². The molecule has 0 saturated heterocycles. The van der Waals surface area contributed by atoms with E-state index in [2.05, 4.69) is 59.1 Å². The molecule has 0 atom stereocenters. The molecule has 0 heterocycles. The fraction of sp³-hybridized carbons (Fsp3) is 0.619. The molecule has 1 saturated carbocycles. The van der Waals surface area contributed by atoms with E-state index >= 15 is 0 Å². The van der Waals surface area contributed by atoms with Crippen LogP contribution in [-0.4, -0.2) is 38.0 Å². The number of aliphatic imine (C=N–C) groups is 1. The number of nitrogens with one attached hydrogen (secondary N) is 3.